The molecule has 3 heteroatoms. The van der Waals surface area contributed by atoms with Crippen LogP contribution in [0.2, 0.25) is 0 Å². The van der Waals surface area contributed by atoms with Gasteiger partial charge < -0.3 is 9.64 Å². The number of ether oxygens (including phenoxy) is 1. The minimum atomic E-state index is -2.14. The normalized spacial score (nSPS) is 12.2. The molecule has 282 valence electrons. The van der Waals surface area contributed by atoms with Crippen molar-refractivity contribution < 1.29 is 4.74 Å². The van der Waals surface area contributed by atoms with E-state index in [1.54, 1.807) is 0 Å². The molecule has 0 N–H and O–H groups in total. The van der Waals surface area contributed by atoms with Crippen LogP contribution in [0.15, 0.2) is 164 Å². The summed E-state index contributed by atoms with van der Waals surface area (Å²) in [5, 5.41) is 4.55. The second-order valence-electron chi connectivity index (χ2n) is 14.9. The monoisotopic (exact) mass is 743 g/mol. The van der Waals surface area contributed by atoms with Crippen molar-refractivity contribution >= 4 is 34.3 Å². The Hall–Kier alpha value is -4.93. The van der Waals surface area contributed by atoms with E-state index in [0.717, 1.165) is 30.7 Å². The van der Waals surface area contributed by atoms with Crippen LogP contribution >= 0.6 is 7.26 Å². The summed E-state index contributed by atoms with van der Waals surface area (Å²) in [6.07, 6.45) is 12.4. The molecule has 0 heterocycles. The summed E-state index contributed by atoms with van der Waals surface area (Å²) in [5.74, 6) is 0.903. The Morgan fingerprint density at radius 2 is 1.04 bits per heavy atom. The Kier molecular flexibility index (Phi) is 15.3. The zero-order valence-electron chi connectivity index (χ0n) is 32.9. The van der Waals surface area contributed by atoms with Gasteiger partial charge in [0.1, 0.15) is 12.4 Å². The fraction of sp³-hybridized carbons (Fsp3) is 0.269. The van der Waals surface area contributed by atoms with E-state index in [1.807, 2.05) is 6.07 Å². The standard InChI is InChI=1S/C52H58NOP/c1-53(2)41-42-54-47-39-37-46(38-40-47)52(45-28-16-10-17-29-45)51(44-26-14-9-15-27-44)36-24-7-5-3-4-6-8-25-43-55(48-30-18-11-19-31-48,49-32-20-12-21-33-49)50-34-22-13-23-35-50/h9-16,18-23,26-28,30-35,37-40,55H,3-8,24-25,36,41-43H2,1-2H3/b52-51-. The van der Waals surface area contributed by atoms with Gasteiger partial charge in [0, 0.05) is 12.1 Å². The third-order valence-corrected chi connectivity index (χ3v) is 15.9. The van der Waals surface area contributed by atoms with Crippen molar-refractivity contribution in [2.75, 3.05) is 33.4 Å². The molecule has 0 aliphatic carbocycles. The maximum atomic E-state index is 6.04. The molecule has 2 nitrogen and oxygen atoms in total. The molecule has 0 atom stereocenters. The number of likely N-dealkylation sites (N-methyl/N-ethyl adjacent to an activating group) is 1. The fourth-order valence-corrected chi connectivity index (χ4v) is 12.9. The van der Waals surface area contributed by atoms with E-state index in [9.17, 15) is 0 Å². The Labute approximate surface area is 332 Å². The number of rotatable bonds is 21. The number of unbranched alkanes of at least 4 members (excludes halogenated alkanes) is 7. The van der Waals surface area contributed by atoms with Crippen LogP contribution in [0.25, 0.3) is 11.1 Å². The molecule has 0 aromatic heterocycles. The molecule has 0 unspecified atom stereocenters. The summed E-state index contributed by atoms with van der Waals surface area (Å²) >= 11 is 0. The van der Waals surface area contributed by atoms with Crippen molar-refractivity contribution in [1.82, 2.24) is 4.90 Å². The van der Waals surface area contributed by atoms with Crippen LogP contribution in [0.4, 0.5) is 0 Å². The van der Waals surface area contributed by atoms with Crippen LogP contribution in [-0.2, 0) is 0 Å². The van der Waals surface area contributed by atoms with Crippen molar-refractivity contribution in [3.05, 3.63) is 193 Å². The SMILES string of the molecule is CN(C)CCOc1ccc(/C(=C(/CCCCCCCCCC[PH](c2ccccc2)(c2ccccc2)c2ccccc2)c2ccccc2)c2c#cccc2)cc1. The van der Waals surface area contributed by atoms with E-state index < -0.39 is 7.26 Å². The summed E-state index contributed by atoms with van der Waals surface area (Å²) in [7, 11) is 2.00. The molecular weight excluding hydrogens is 686 g/mol. The van der Waals surface area contributed by atoms with E-state index in [2.05, 4.69) is 189 Å². The topological polar surface area (TPSA) is 12.5 Å². The third-order valence-electron chi connectivity index (χ3n) is 10.8. The molecular formula is C52H58NOP. The van der Waals surface area contributed by atoms with Crippen molar-refractivity contribution in [2.45, 2.75) is 57.8 Å². The van der Waals surface area contributed by atoms with Crippen LogP contribution in [0, 0.1) is 12.1 Å². The molecule has 0 aliphatic rings. The molecule has 6 aromatic carbocycles. The van der Waals surface area contributed by atoms with E-state index in [4.69, 9.17) is 4.74 Å². The minimum Gasteiger partial charge on any atom is -0.0696 e. The first kappa shape index (κ1) is 39.8. The predicted octanol–water partition coefficient (Wildman–Crippen LogP) is 11.4. The number of allylic oxidation sites excluding steroid dienone is 1. The van der Waals surface area contributed by atoms with Gasteiger partial charge >= 0.3 is 195 Å². The van der Waals surface area contributed by atoms with E-state index >= 15 is 0 Å². The molecule has 55 heavy (non-hydrogen) atoms. The summed E-state index contributed by atoms with van der Waals surface area (Å²) in [5.41, 5.74) is 6.17. The van der Waals surface area contributed by atoms with Gasteiger partial charge in [-0.25, -0.2) is 0 Å². The summed E-state index contributed by atoms with van der Waals surface area (Å²) in [6.45, 7) is 1.56. The van der Waals surface area contributed by atoms with Gasteiger partial charge in [0.2, 0.25) is 0 Å². The van der Waals surface area contributed by atoms with Crippen LogP contribution in [0.1, 0.15) is 74.5 Å². The zero-order valence-corrected chi connectivity index (χ0v) is 33.9. The number of nitrogens with zero attached hydrogens (tertiary/aromatic N) is 1. The van der Waals surface area contributed by atoms with Crippen molar-refractivity contribution in [3.63, 3.8) is 0 Å². The van der Waals surface area contributed by atoms with Crippen LogP contribution in [0.3, 0.4) is 0 Å². The fourth-order valence-electron chi connectivity index (χ4n) is 7.96. The Bertz CT molecular complexity index is 1880. The quantitative estimate of drug-likeness (QED) is 0.0413. The van der Waals surface area contributed by atoms with Crippen LogP contribution in [-0.4, -0.2) is 38.3 Å². The predicted molar refractivity (Wildman–Crippen MR) is 240 cm³/mol. The molecule has 0 amide bonds. The maximum absolute atomic E-state index is 6.04. The molecule has 0 bridgehead atoms. The second-order valence-corrected chi connectivity index (χ2v) is 19.0. The van der Waals surface area contributed by atoms with Crippen LogP contribution < -0.4 is 20.7 Å². The molecule has 0 saturated heterocycles. The average Bonchev–Trinajstić information content (AvgIpc) is 3.24. The smallest absolute Gasteiger partial charge is 0.0696 e. The van der Waals surface area contributed by atoms with Gasteiger partial charge in [-0.05, 0) is 43.9 Å². The first-order valence-electron chi connectivity index (χ1n) is 20.4. The van der Waals surface area contributed by atoms with Crippen molar-refractivity contribution in [2.24, 2.45) is 0 Å². The number of benzene rings is 5. The summed E-state index contributed by atoms with van der Waals surface area (Å²) in [6, 6.07) is 66.4. The molecule has 6 aromatic rings. The van der Waals surface area contributed by atoms with Crippen molar-refractivity contribution in [3.8, 4) is 5.75 Å². The molecule has 0 fully saturated rings. The average molecular weight is 744 g/mol. The minimum absolute atomic E-state index is 0.671. The van der Waals surface area contributed by atoms with Gasteiger partial charge in [0.05, 0.1) is 0 Å². The third kappa shape index (κ3) is 11.1. The first-order valence-corrected chi connectivity index (χ1v) is 22.6. The van der Waals surface area contributed by atoms with Gasteiger partial charge in [-0.2, -0.15) is 0 Å². The molecule has 0 saturated carbocycles. The number of hydrogen-bond acceptors (Lipinski definition) is 2. The van der Waals surface area contributed by atoms with E-state index in [0.29, 0.717) is 6.61 Å². The van der Waals surface area contributed by atoms with Crippen LogP contribution in [0.5, 0.6) is 5.75 Å². The Morgan fingerprint density at radius 3 is 1.55 bits per heavy atom. The van der Waals surface area contributed by atoms with Gasteiger partial charge in [-0.15, -0.1) is 0 Å². The van der Waals surface area contributed by atoms with Gasteiger partial charge in [-0.3, -0.25) is 0 Å². The second kappa shape index (κ2) is 21.2. The Morgan fingerprint density at radius 1 is 0.527 bits per heavy atom. The van der Waals surface area contributed by atoms with Gasteiger partial charge in [0.15, 0.2) is 0 Å². The summed E-state index contributed by atoms with van der Waals surface area (Å²) < 4.78 is 6.04. The Balaban J connectivity index is 1.06. The van der Waals surface area contributed by atoms with Gasteiger partial charge in [0.25, 0.3) is 0 Å². The van der Waals surface area contributed by atoms with Gasteiger partial charge in [-0.1, -0.05) is 60.7 Å². The molecule has 0 aliphatic heterocycles. The molecule has 0 radical (unpaired) electrons. The van der Waals surface area contributed by atoms with E-state index in [1.165, 1.54) is 89.3 Å². The summed E-state index contributed by atoms with van der Waals surface area (Å²) in [4.78, 5) is 2.14. The zero-order chi connectivity index (χ0) is 38.0. The molecule has 6 rings (SSSR count). The van der Waals surface area contributed by atoms with E-state index in [-0.39, 0.29) is 0 Å². The first-order chi connectivity index (χ1) is 27.1. The number of hydrogen-bond donors (Lipinski definition) is 0. The van der Waals surface area contributed by atoms with Crippen molar-refractivity contribution in [1.29, 1.82) is 0 Å². The molecule has 0 spiro atoms.